The van der Waals surface area contributed by atoms with Gasteiger partial charge in [0.05, 0.1) is 4.75 Å². The first-order chi connectivity index (χ1) is 24.3. The van der Waals surface area contributed by atoms with Gasteiger partial charge in [0, 0.05) is 0 Å². The van der Waals surface area contributed by atoms with E-state index in [9.17, 15) is 13.0 Å². The van der Waals surface area contributed by atoms with Crippen LogP contribution in [-0.4, -0.2) is 13.0 Å². The molecule has 51 heavy (non-hydrogen) atoms. The zero-order valence-corrected chi connectivity index (χ0v) is 35.9. The maximum Gasteiger partial charge on any atom is 0.104 e. The van der Waals surface area contributed by atoms with Gasteiger partial charge in [0.25, 0.3) is 0 Å². The molecule has 1 unspecified atom stereocenters. The lowest BCUT2D eigenvalue weighted by Crippen LogP contribution is -2.33. The van der Waals surface area contributed by atoms with E-state index >= 15 is 0 Å². The normalized spacial score (nSPS) is 13.0. The quantitative estimate of drug-likeness (QED) is 0.0544. The summed E-state index contributed by atoms with van der Waals surface area (Å²) in [5, 5.41) is 0. The van der Waals surface area contributed by atoms with Gasteiger partial charge in [0.15, 0.2) is 0 Å². The molecule has 0 spiro atoms. The van der Waals surface area contributed by atoms with Gasteiger partial charge >= 0.3 is 0 Å². The van der Waals surface area contributed by atoms with E-state index < -0.39 is 14.9 Å². The van der Waals surface area contributed by atoms with E-state index in [1.807, 2.05) is 19.1 Å². The van der Waals surface area contributed by atoms with Crippen LogP contribution in [0.15, 0.2) is 18.2 Å². The molecule has 0 aromatic heterocycles. The molecule has 0 radical (unpaired) electrons. The molecule has 5 heteroatoms. The van der Waals surface area contributed by atoms with Crippen molar-refractivity contribution in [3.63, 3.8) is 0 Å². The van der Waals surface area contributed by atoms with Crippen molar-refractivity contribution in [1.82, 2.24) is 6.15 Å². The highest BCUT2D eigenvalue weighted by Crippen LogP contribution is 2.38. The SMILES string of the molecule is CCCCCCCCCCCCCCCCCCCCCCCCCCCCCCCCCCC(C)(c1cccc(CCC)c1C)S(=O)(=O)[O-].[NH4+]. The molecular weight excluding hydrogens is 647 g/mol. The van der Waals surface area contributed by atoms with Crippen molar-refractivity contribution in [3.8, 4) is 0 Å². The van der Waals surface area contributed by atoms with Crippen LogP contribution >= 0.6 is 0 Å². The molecule has 4 N–H and O–H groups in total. The third-order valence-corrected chi connectivity index (χ3v) is 13.1. The fourth-order valence-electron chi connectivity index (χ4n) is 8.03. The van der Waals surface area contributed by atoms with Crippen LogP contribution in [0.3, 0.4) is 0 Å². The number of aryl methyl sites for hydroxylation is 1. The molecule has 0 heterocycles. The van der Waals surface area contributed by atoms with Gasteiger partial charge in [-0.2, -0.15) is 0 Å². The van der Waals surface area contributed by atoms with Crippen molar-refractivity contribution in [3.05, 3.63) is 34.9 Å². The number of hydrogen-bond acceptors (Lipinski definition) is 3. The molecule has 1 atom stereocenters. The minimum atomic E-state index is -4.45. The van der Waals surface area contributed by atoms with Gasteiger partial charge < -0.3 is 10.7 Å². The van der Waals surface area contributed by atoms with Crippen molar-refractivity contribution in [2.75, 3.05) is 0 Å². The van der Waals surface area contributed by atoms with Gasteiger partial charge in [-0.15, -0.1) is 0 Å². The lowest BCUT2D eigenvalue weighted by molar-refractivity contribution is 0.400. The molecule has 0 aliphatic rings. The third kappa shape index (κ3) is 24.9. The topological polar surface area (TPSA) is 93.7 Å². The van der Waals surface area contributed by atoms with Crippen LogP contribution in [0.25, 0.3) is 0 Å². The molecule has 1 rings (SSSR count). The zero-order valence-electron chi connectivity index (χ0n) is 35.1. The molecule has 302 valence electrons. The average Bonchev–Trinajstić information content (AvgIpc) is 3.09. The average molecular weight is 736 g/mol. The molecule has 0 amide bonds. The lowest BCUT2D eigenvalue weighted by atomic mass is 9.87. The summed E-state index contributed by atoms with van der Waals surface area (Å²) in [6.07, 6.45) is 46.5. The van der Waals surface area contributed by atoms with Crippen LogP contribution < -0.4 is 6.15 Å². The molecule has 0 aliphatic carbocycles. The minimum absolute atomic E-state index is 0. The van der Waals surface area contributed by atoms with Crippen molar-refractivity contribution < 1.29 is 13.0 Å². The van der Waals surface area contributed by atoms with E-state index in [4.69, 9.17) is 0 Å². The summed E-state index contributed by atoms with van der Waals surface area (Å²) in [7, 11) is -4.45. The van der Waals surface area contributed by atoms with Crippen LogP contribution in [0.5, 0.6) is 0 Å². The Labute approximate surface area is 320 Å². The van der Waals surface area contributed by atoms with Gasteiger partial charge in [-0.25, -0.2) is 8.42 Å². The number of rotatable bonds is 37. The zero-order chi connectivity index (χ0) is 36.6. The van der Waals surface area contributed by atoms with E-state index in [0.29, 0.717) is 12.0 Å². The molecule has 0 fully saturated rings. The molecule has 1 aromatic rings. The second kappa shape index (κ2) is 33.6. The van der Waals surface area contributed by atoms with E-state index in [1.165, 1.54) is 186 Å². The number of quaternary nitrogens is 1. The van der Waals surface area contributed by atoms with Crippen LogP contribution in [0.2, 0.25) is 0 Å². The van der Waals surface area contributed by atoms with E-state index in [1.54, 1.807) is 6.92 Å². The molecule has 4 nitrogen and oxygen atoms in total. The van der Waals surface area contributed by atoms with E-state index in [0.717, 1.165) is 43.2 Å². The van der Waals surface area contributed by atoms with Gasteiger partial charge in [-0.3, -0.25) is 0 Å². The fourth-order valence-corrected chi connectivity index (χ4v) is 8.91. The Balaban J connectivity index is 0.0000250. The van der Waals surface area contributed by atoms with Gasteiger partial charge in [-0.1, -0.05) is 244 Å². The standard InChI is InChI=1S/C46H86O3S.H3N/c1-5-7-8-9-10-11-12-13-14-15-16-17-18-19-20-21-22-23-24-25-26-27-28-29-30-31-32-33-34-35-36-37-42-46(4,50(47,48)49)45-41-38-40-44(39-6-2)43(45)3;/h38,40-41H,5-37,39,42H2,1-4H3,(H,47,48,49);1H3. The second-order valence-corrected chi connectivity index (χ2v) is 18.0. The van der Waals surface area contributed by atoms with Crippen LogP contribution in [0, 0.1) is 6.92 Å². The molecule has 0 aliphatic heterocycles. The molecular formula is C46H89NO3S. The first kappa shape index (κ1) is 50.1. The smallest absolute Gasteiger partial charge is 0.104 e. The monoisotopic (exact) mass is 736 g/mol. The van der Waals surface area contributed by atoms with Crippen molar-refractivity contribution in [1.29, 1.82) is 0 Å². The number of hydrogen-bond donors (Lipinski definition) is 1. The molecule has 0 saturated carbocycles. The summed E-state index contributed by atoms with van der Waals surface area (Å²) < 4.78 is 35.9. The summed E-state index contributed by atoms with van der Waals surface area (Å²) in [6.45, 7) is 8.05. The summed E-state index contributed by atoms with van der Waals surface area (Å²) in [5.41, 5.74) is 2.84. The van der Waals surface area contributed by atoms with Crippen molar-refractivity contribution in [2.24, 2.45) is 0 Å². The maximum absolute atomic E-state index is 12.4. The highest BCUT2D eigenvalue weighted by molar-refractivity contribution is 7.86. The Bertz CT molecular complexity index is 1010. The fraction of sp³-hybridized carbons (Fsp3) is 0.870. The highest BCUT2D eigenvalue weighted by Gasteiger charge is 2.35. The Morgan fingerprint density at radius 3 is 1.06 bits per heavy atom. The first-order valence-corrected chi connectivity index (χ1v) is 23.7. The number of unbranched alkanes of at least 4 members (excludes halogenated alkanes) is 31. The Kier molecular flexibility index (Phi) is 33.0. The van der Waals surface area contributed by atoms with E-state index in [-0.39, 0.29) is 6.15 Å². The van der Waals surface area contributed by atoms with Gasteiger partial charge in [0.1, 0.15) is 10.1 Å². The first-order valence-electron chi connectivity index (χ1n) is 22.3. The Hall–Kier alpha value is -0.910. The van der Waals surface area contributed by atoms with E-state index in [2.05, 4.69) is 19.9 Å². The summed E-state index contributed by atoms with van der Waals surface area (Å²) in [5.74, 6) is 0. The maximum atomic E-state index is 12.4. The third-order valence-electron chi connectivity index (χ3n) is 11.6. The summed E-state index contributed by atoms with van der Waals surface area (Å²) in [6, 6.07) is 5.83. The summed E-state index contributed by atoms with van der Waals surface area (Å²) in [4.78, 5) is 0. The molecule has 1 aromatic carbocycles. The van der Waals surface area contributed by atoms with Crippen LogP contribution in [0.1, 0.15) is 256 Å². The molecule has 0 bridgehead atoms. The minimum Gasteiger partial charge on any atom is -0.747 e. The predicted octanol–water partition coefficient (Wildman–Crippen LogP) is 16.0. The van der Waals surface area contributed by atoms with Crippen molar-refractivity contribution in [2.45, 2.75) is 257 Å². The van der Waals surface area contributed by atoms with Crippen LogP contribution in [0.4, 0.5) is 0 Å². The number of benzene rings is 1. The largest absolute Gasteiger partial charge is 0.747 e. The van der Waals surface area contributed by atoms with Gasteiger partial charge in [0.2, 0.25) is 0 Å². The predicted molar refractivity (Wildman–Crippen MR) is 226 cm³/mol. The lowest BCUT2D eigenvalue weighted by Gasteiger charge is -2.35. The Morgan fingerprint density at radius 2 is 0.784 bits per heavy atom. The van der Waals surface area contributed by atoms with Crippen LogP contribution in [-0.2, 0) is 21.3 Å². The molecule has 0 saturated heterocycles. The summed E-state index contributed by atoms with van der Waals surface area (Å²) >= 11 is 0. The second-order valence-electron chi connectivity index (χ2n) is 16.2. The highest BCUT2D eigenvalue weighted by atomic mass is 32.2. The van der Waals surface area contributed by atoms with Gasteiger partial charge in [-0.05, 0) is 43.4 Å². The van der Waals surface area contributed by atoms with Crippen molar-refractivity contribution >= 4 is 10.1 Å². The Morgan fingerprint density at radius 1 is 0.490 bits per heavy atom.